The van der Waals surface area contributed by atoms with Gasteiger partial charge in [0, 0.05) is 12.8 Å². The molecule has 2 aliphatic heterocycles. The van der Waals surface area contributed by atoms with E-state index in [-0.39, 0.29) is 12.8 Å². The lowest BCUT2D eigenvalue weighted by Crippen LogP contribution is -2.69. The van der Waals surface area contributed by atoms with E-state index in [1.54, 1.807) is 0 Å². The zero-order chi connectivity index (χ0) is 59.6. The number of carbonyl (C=O) groups excluding carboxylic acids is 2. The van der Waals surface area contributed by atoms with Gasteiger partial charge in [-0.15, -0.1) is 0 Å². The van der Waals surface area contributed by atoms with Gasteiger partial charge in [-0.05, 0) is 38.5 Å². The van der Waals surface area contributed by atoms with Gasteiger partial charge in [-0.1, -0.05) is 167 Å². The summed E-state index contributed by atoms with van der Waals surface area (Å²) in [5.74, 6) is -1.34. The topological polar surface area (TPSA) is 368 Å². The maximum atomic E-state index is 14.0. The summed E-state index contributed by atoms with van der Waals surface area (Å²) in [5, 5.41) is 117. The van der Waals surface area contributed by atoms with Crippen LogP contribution in [0.5, 0.6) is 0 Å². The number of carbonyl (C=O) groups is 2. The molecule has 3 rings (SSSR count). The molecule has 0 aromatic rings. The molecular formula is C57H105O23P. The Labute approximate surface area is 480 Å². The van der Waals surface area contributed by atoms with Gasteiger partial charge < -0.3 is 89.5 Å². The van der Waals surface area contributed by atoms with Crippen LogP contribution in [-0.2, 0) is 51.6 Å². The molecule has 0 aromatic carbocycles. The number of esters is 2. The zero-order valence-corrected chi connectivity index (χ0v) is 49.2. The Kier molecular flexibility index (Phi) is 38.2. The standard InChI is InChI=1S/C57H105O23P/c1-3-5-7-9-11-13-15-17-18-19-20-22-24-26-28-30-32-34-43(61)75-39(37-73-42(60)33-31-29-27-25-23-21-16-14-12-10-8-6-4-2)38-74-81(71,72)80-55-53(78-56-51(69)46(64)44(62)40(35-58)76-56)49(67)48(66)50(68)54(55)79-57-52(70)47(65)45(63)41(36-59)77-57/h21,23,39-41,44-59,62-70H,3-20,22,24-38H2,1-2H3,(H,71,72)/b23-21-. The largest absolute Gasteiger partial charge is 0.472 e. The molecule has 1 aliphatic carbocycles. The van der Waals surface area contributed by atoms with Crippen LogP contribution < -0.4 is 0 Å². The van der Waals surface area contributed by atoms with Crippen molar-refractivity contribution in [2.24, 2.45) is 0 Å². The minimum absolute atomic E-state index is 0.0299. The number of unbranched alkanes of at least 4 members (excludes halogenated alkanes) is 25. The number of aliphatic hydroxyl groups excluding tert-OH is 11. The monoisotopic (exact) mass is 1190 g/mol. The fourth-order valence-corrected chi connectivity index (χ4v) is 11.2. The quantitative estimate of drug-likeness (QED) is 0.0170. The lowest BCUT2D eigenvalue weighted by atomic mass is 9.84. The highest BCUT2D eigenvalue weighted by Crippen LogP contribution is 2.49. The van der Waals surface area contributed by atoms with E-state index < -0.39 is 150 Å². The second-order valence-corrected chi connectivity index (χ2v) is 23.6. The lowest BCUT2D eigenvalue weighted by Gasteiger charge is -2.49. The molecule has 3 fully saturated rings. The maximum Gasteiger partial charge on any atom is 0.472 e. The predicted molar refractivity (Wildman–Crippen MR) is 296 cm³/mol. The molecule has 0 bridgehead atoms. The van der Waals surface area contributed by atoms with Crippen molar-refractivity contribution in [3.8, 4) is 0 Å². The number of hydrogen-bond acceptors (Lipinski definition) is 22. The smallest absolute Gasteiger partial charge is 0.462 e. The Morgan fingerprint density at radius 3 is 1.22 bits per heavy atom. The van der Waals surface area contributed by atoms with Crippen LogP contribution in [0.15, 0.2) is 12.2 Å². The first-order chi connectivity index (χ1) is 38.9. The molecule has 81 heavy (non-hydrogen) atoms. The van der Waals surface area contributed by atoms with Gasteiger partial charge >= 0.3 is 19.8 Å². The van der Waals surface area contributed by atoms with E-state index in [1.165, 1.54) is 103 Å². The van der Waals surface area contributed by atoms with Crippen molar-refractivity contribution in [2.45, 2.75) is 311 Å². The first-order valence-corrected chi connectivity index (χ1v) is 32.0. The van der Waals surface area contributed by atoms with Crippen LogP contribution in [0.1, 0.15) is 206 Å². The highest BCUT2D eigenvalue weighted by atomic mass is 31.2. The molecule has 0 aromatic heterocycles. The van der Waals surface area contributed by atoms with Crippen molar-refractivity contribution in [1.29, 1.82) is 0 Å². The zero-order valence-electron chi connectivity index (χ0n) is 48.3. The van der Waals surface area contributed by atoms with Crippen molar-refractivity contribution in [3.05, 3.63) is 12.2 Å². The van der Waals surface area contributed by atoms with Crippen LogP contribution in [0.4, 0.5) is 0 Å². The molecule has 0 amide bonds. The molecule has 16 unspecified atom stereocenters. The summed E-state index contributed by atoms with van der Waals surface area (Å²) in [4.78, 5) is 37.5. The van der Waals surface area contributed by atoms with E-state index in [1.807, 2.05) is 0 Å². The minimum atomic E-state index is -5.64. The number of hydrogen-bond donors (Lipinski definition) is 12. The third-order valence-electron chi connectivity index (χ3n) is 15.3. The van der Waals surface area contributed by atoms with Gasteiger partial charge in [0.05, 0.1) is 19.8 Å². The summed E-state index contributed by atoms with van der Waals surface area (Å²) < 4.78 is 58.1. The lowest BCUT2D eigenvalue weighted by molar-refractivity contribution is -0.360. The number of ether oxygens (including phenoxy) is 6. The predicted octanol–water partition coefficient (Wildman–Crippen LogP) is 4.71. The Balaban J connectivity index is 1.68. The van der Waals surface area contributed by atoms with E-state index in [0.29, 0.717) is 12.8 Å². The average molecular weight is 1190 g/mol. The maximum absolute atomic E-state index is 14.0. The summed E-state index contributed by atoms with van der Waals surface area (Å²) >= 11 is 0. The van der Waals surface area contributed by atoms with Crippen LogP contribution in [0, 0.1) is 0 Å². The molecule has 12 N–H and O–H groups in total. The van der Waals surface area contributed by atoms with E-state index in [2.05, 4.69) is 26.0 Å². The van der Waals surface area contributed by atoms with Crippen LogP contribution >= 0.6 is 7.82 Å². The molecule has 2 heterocycles. The van der Waals surface area contributed by atoms with E-state index in [9.17, 15) is 75.2 Å². The summed E-state index contributed by atoms with van der Waals surface area (Å²) in [6.07, 6.45) is 0.467. The molecule has 24 heteroatoms. The normalized spacial score (nSPS) is 31.0. The first-order valence-electron chi connectivity index (χ1n) is 30.5. The van der Waals surface area contributed by atoms with Gasteiger partial charge in [-0.2, -0.15) is 0 Å². The van der Waals surface area contributed by atoms with Crippen molar-refractivity contribution >= 4 is 19.8 Å². The molecule has 23 nitrogen and oxygen atoms in total. The number of phosphoric ester groups is 1. The second kappa shape index (κ2) is 42.1. The molecule has 476 valence electrons. The summed E-state index contributed by atoms with van der Waals surface area (Å²) in [5.41, 5.74) is 0. The van der Waals surface area contributed by atoms with Crippen LogP contribution in [-0.4, -0.2) is 204 Å². The Hall–Kier alpha value is -1.81. The average Bonchev–Trinajstić information content (AvgIpc) is 3.48. The molecular weight excluding hydrogens is 1080 g/mol. The van der Waals surface area contributed by atoms with Crippen molar-refractivity contribution < 1.29 is 113 Å². The minimum Gasteiger partial charge on any atom is -0.462 e. The van der Waals surface area contributed by atoms with Crippen molar-refractivity contribution in [1.82, 2.24) is 0 Å². The SMILES string of the molecule is CCCCCCCC/C=C\CCCCCC(=O)OCC(COP(=O)(O)OC1C(OC2OC(CO)C(O)C(O)C2O)C(O)C(O)C(O)C1OC1OC(CO)C(O)C(O)C1O)OC(=O)CCCCCCCCCCCCCCCCCCC. The van der Waals surface area contributed by atoms with Gasteiger partial charge in [-0.25, -0.2) is 4.57 Å². The van der Waals surface area contributed by atoms with E-state index in [4.69, 9.17) is 37.5 Å². The Morgan fingerprint density at radius 1 is 0.457 bits per heavy atom. The summed E-state index contributed by atoms with van der Waals surface area (Å²) in [6.45, 7) is 1.01. The van der Waals surface area contributed by atoms with Gasteiger partial charge in [0.25, 0.3) is 0 Å². The van der Waals surface area contributed by atoms with E-state index in [0.717, 1.165) is 64.2 Å². The second-order valence-electron chi connectivity index (χ2n) is 22.2. The third-order valence-corrected chi connectivity index (χ3v) is 16.3. The van der Waals surface area contributed by atoms with Gasteiger partial charge in [0.2, 0.25) is 0 Å². The van der Waals surface area contributed by atoms with Gasteiger partial charge in [-0.3, -0.25) is 18.6 Å². The molecule has 3 aliphatic rings. The van der Waals surface area contributed by atoms with Crippen LogP contribution in [0.3, 0.4) is 0 Å². The summed E-state index contributed by atoms with van der Waals surface area (Å²) in [6, 6.07) is 0. The van der Waals surface area contributed by atoms with Gasteiger partial charge in [0.1, 0.15) is 92.1 Å². The fraction of sp³-hybridized carbons (Fsp3) is 0.930. The number of aliphatic hydroxyl groups is 11. The number of rotatable bonds is 45. The highest BCUT2D eigenvalue weighted by molar-refractivity contribution is 7.47. The molecule has 16 atom stereocenters. The molecule has 2 saturated heterocycles. The van der Waals surface area contributed by atoms with Crippen molar-refractivity contribution in [2.75, 3.05) is 26.4 Å². The Bertz CT molecular complexity index is 1660. The number of allylic oxidation sites excluding steroid dienone is 2. The van der Waals surface area contributed by atoms with Crippen molar-refractivity contribution in [3.63, 3.8) is 0 Å². The highest BCUT2D eigenvalue weighted by Gasteiger charge is 2.58. The van der Waals surface area contributed by atoms with Crippen LogP contribution in [0.25, 0.3) is 0 Å². The third kappa shape index (κ3) is 27.6. The molecule has 0 spiro atoms. The molecule has 1 saturated carbocycles. The van der Waals surface area contributed by atoms with Gasteiger partial charge in [0.15, 0.2) is 18.7 Å². The summed E-state index contributed by atoms with van der Waals surface area (Å²) in [7, 11) is -5.64. The Morgan fingerprint density at radius 2 is 0.815 bits per heavy atom. The first kappa shape index (κ1) is 73.4. The molecule has 0 radical (unpaired) electrons. The van der Waals surface area contributed by atoms with E-state index >= 15 is 0 Å². The number of phosphoric acid groups is 1. The fourth-order valence-electron chi connectivity index (χ4n) is 10.2. The van der Waals surface area contributed by atoms with Crippen LogP contribution in [0.2, 0.25) is 0 Å².